The molecule has 1 heterocycles. The predicted molar refractivity (Wildman–Crippen MR) is 86.8 cm³/mol. The summed E-state index contributed by atoms with van der Waals surface area (Å²) in [6.45, 7) is 3.37. The van der Waals surface area contributed by atoms with E-state index in [0.29, 0.717) is 23.0 Å². The molecule has 0 saturated carbocycles. The van der Waals surface area contributed by atoms with E-state index >= 15 is 0 Å². The van der Waals surface area contributed by atoms with Crippen LogP contribution in [0.5, 0.6) is 0 Å². The summed E-state index contributed by atoms with van der Waals surface area (Å²) in [6, 6.07) is 5.53. The lowest BCUT2D eigenvalue weighted by atomic mass is 10.1. The third kappa shape index (κ3) is 4.85. The number of amides is 1. The topological polar surface area (TPSA) is 35.6 Å². The second-order valence-corrected chi connectivity index (χ2v) is 6.46. The zero-order valence-corrected chi connectivity index (χ0v) is 13.9. The molecule has 1 aliphatic heterocycles. The molecule has 6 heteroatoms. The molecule has 1 aliphatic rings. The molecule has 1 amide bonds. The molecule has 0 radical (unpaired) electrons. The maximum atomic E-state index is 12.1. The van der Waals surface area contributed by atoms with Crippen molar-refractivity contribution in [2.45, 2.75) is 19.0 Å². The van der Waals surface area contributed by atoms with Crippen molar-refractivity contribution in [2.24, 2.45) is 0 Å². The van der Waals surface area contributed by atoms with Gasteiger partial charge in [-0.25, -0.2) is 0 Å². The van der Waals surface area contributed by atoms with Gasteiger partial charge in [0.25, 0.3) is 0 Å². The van der Waals surface area contributed by atoms with Crippen LogP contribution in [-0.4, -0.2) is 55.5 Å². The maximum Gasteiger partial charge on any atom is 0.221 e. The predicted octanol–water partition coefficient (Wildman–Crippen LogP) is 2.25. The van der Waals surface area contributed by atoms with E-state index in [1.807, 2.05) is 0 Å². The van der Waals surface area contributed by atoms with Gasteiger partial charge in [-0.05, 0) is 37.9 Å². The summed E-state index contributed by atoms with van der Waals surface area (Å²) in [4.78, 5) is 16.6. The number of hydrogen-bond acceptors (Lipinski definition) is 3. The van der Waals surface area contributed by atoms with Gasteiger partial charge in [-0.1, -0.05) is 23.2 Å². The Bertz CT molecular complexity index is 510. The Kier molecular flexibility index (Phi) is 5.88. The summed E-state index contributed by atoms with van der Waals surface area (Å²) in [5, 5.41) is 4.16. The zero-order valence-electron chi connectivity index (χ0n) is 12.4. The van der Waals surface area contributed by atoms with Gasteiger partial charge in [-0.2, -0.15) is 0 Å². The Morgan fingerprint density at radius 2 is 2.10 bits per heavy atom. The summed E-state index contributed by atoms with van der Waals surface area (Å²) in [5.41, 5.74) is 0.839. The lowest BCUT2D eigenvalue weighted by Gasteiger charge is -2.37. The molecule has 21 heavy (non-hydrogen) atoms. The van der Waals surface area contributed by atoms with E-state index in [9.17, 15) is 4.79 Å². The standard InChI is InChI=1S/C15H21Cl2N3O/c1-19-5-6-20(2)13(10-19)8-15(21)18-9-11-7-12(16)3-4-14(11)17/h3-4,7,13H,5-6,8-10H2,1-2H3,(H,18,21). The quantitative estimate of drug-likeness (QED) is 0.920. The van der Waals surface area contributed by atoms with E-state index < -0.39 is 0 Å². The lowest BCUT2D eigenvalue weighted by molar-refractivity contribution is -0.122. The first kappa shape index (κ1) is 16.6. The number of hydrogen-bond donors (Lipinski definition) is 1. The van der Waals surface area contributed by atoms with Crippen LogP contribution in [0.4, 0.5) is 0 Å². The van der Waals surface area contributed by atoms with Crippen LogP contribution in [0.15, 0.2) is 18.2 Å². The summed E-state index contributed by atoms with van der Waals surface area (Å²) in [5.74, 6) is 0.0400. The first-order valence-electron chi connectivity index (χ1n) is 7.05. The normalized spacial score (nSPS) is 20.5. The number of nitrogens with one attached hydrogen (secondary N) is 1. The Hall–Kier alpha value is -0.810. The van der Waals surface area contributed by atoms with Crippen LogP contribution < -0.4 is 5.32 Å². The molecule has 1 fully saturated rings. The van der Waals surface area contributed by atoms with E-state index in [0.717, 1.165) is 25.2 Å². The molecule has 1 atom stereocenters. The van der Waals surface area contributed by atoms with Gasteiger partial charge in [0.1, 0.15) is 0 Å². The molecular weight excluding hydrogens is 309 g/mol. The van der Waals surface area contributed by atoms with Gasteiger partial charge in [0, 0.05) is 48.7 Å². The van der Waals surface area contributed by atoms with Gasteiger partial charge in [-0.3, -0.25) is 4.79 Å². The van der Waals surface area contributed by atoms with E-state index in [1.54, 1.807) is 18.2 Å². The molecule has 0 spiro atoms. The van der Waals surface area contributed by atoms with E-state index in [2.05, 4.69) is 29.2 Å². The van der Waals surface area contributed by atoms with Gasteiger partial charge in [-0.15, -0.1) is 0 Å². The molecule has 1 N–H and O–H groups in total. The van der Waals surface area contributed by atoms with E-state index in [4.69, 9.17) is 23.2 Å². The first-order chi connectivity index (χ1) is 9.95. The Morgan fingerprint density at radius 3 is 2.86 bits per heavy atom. The Balaban J connectivity index is 1.85. The molecule has 0 bridgehead atoms. The van der Waals surface area contributed by atoms with Crippen LogP contribution >= 0.6 is 23.2 Å². The van der Waals surface area contributed by atoms with E-state index in [1.165, 1.54) is 0 Å². The van der Waals surface area contributed by atoms with Crippen LogP contribution in [0.25, 0.3) is 0 Å². The largest absolute Gasteiger partial charge is 0.352 e. The molecule has 1 aromatic rings. The van der Waals surface area contributed by atoms with Crippen molar-refractivity contribution >= 4 is 29.1 Å². The van der Waals surface area contributed by atoms with Gasteiger partial charge < -0.3 is 15.1 Å². The summed E-state index contributed by atoms with van der Waals surface area (Å²) in [7, 11) is 4.16. The number of benzene rings is 1. The second kappa shape index (κ2) is 7.45. The minimum Gasteiger partial charge on any atom is -0.352 e. The van der Waals surface area contributed by atoms with Crippen molar-refractivity contribution in [3.05, 3.63) is 33.8 Å². The Morgan fingerprint density at radius 1 is 1.33 bits per heavy atom. The minimum atomic E-state index is 0.0400. The van der Waals surface area contributed by atoms with Crippen molar-refractivity contribution in [3.63, 3.8) is 0 Å². The van der Waals surface area contributed by atoms with Crippen molar-refractivity contribution in [3.8, 4) is 0 Å². The van der Waals surface area contributed by atoms with Crippen LogP contribution in [0.3, 0.4) is 0 Å². The van der Waals surface area contributed by atoms with Gasteiger partial charge in [0.15, 0.2) is 0 Å². The average molecular weight is 330 g/mol. The molecule has 2 rings (SSSR count). The molecule has 1 unspecified atom stereocenters. The van der Waals surface area contributed by atoms with Gasteiger partial charge in [0.2, 0.25) is 5.91 Å². The monoisotopic (exact) mass is 329 g/mol. The summed E-state index contributed by atoms with van der Waals surface area (Å²) in [6.07, 6.45) is 0.499. The van der Waals surface area contributed by atoms with Crippen LogP contribution in [-0.2, 0) is 11.3 Å². The maximum absolute atomic E-state index is 12.1. The molecule has 0 aromatic heterocycles. The van der Waals surface area contributed by atoms with Crippen LogP contribution in [0, 0.1) is 0 Å². The number of carbonyl (C=O) groups excluding carboxylic acids is 1. The fourth-order valence-electron chi connectivity index (χ4n) is 2.48. The number of halogens is 2. The highest BCUT2D eigenvalue weighted by Gasteiger charge is 2.24. The van der Waals surface area contributed by atoms with E-state index in [-0.39, 0.29) is 11.9 Å². The highest BCUT2D eigenvalue weighted by atomic mass is 35.5. The number of rotatable bonds is 4. The highest BCUT2D eigenvalue weighted by Crippen LogP contribution is 2.20. The summed E-state index contributed by atoms with van der Waals surface area (Å²) >= 11 is 12.0. The summed E-state index contributed by atoms with van der Waals surface area (Å²) < 4.78 is 0. The lowest BCUT2D eigenvalue weighted by Crippen LogP contribution is -2.51. The number of piperazine rings is 1. The van der Waals surface area contributed by atoms with Gasteiger partial charge in [0.05, 0.1) is 0 Å². The highest BCUT2D eigenvalue weighted by molar-refractivity contribution is 6.33. The second-order valence-electron chi connectivity index (χ2n) is 5.61. The third-order valence-electron chi connectivity index (χ3n) is 3.88. The Labute approximate surface area is 136 Å². The molecule has 1 aromatic carbocycles. The average Bonchev–Trinajstić information content (AvgIpc) is 2.44. The van der Waals surface area contributed by atoms with Crippen LogP contribution in [0.2, 0.25) is 10.0 Å². The van der Waals surface area contributed by atoms with Crippen molar-refractivity contribution in [2.75, 3.05) is 33.7 Å². The fourth-order valence-corrected chi connectivity index (χ4v) is 2.86. The molecule has 1 saturated heterocycles. The zero-order chi connectivity index (χ0) is 15.4. The molecule has 0 aliphatic carbocycles. The SMILES string of the molecule is CN1CCN(C)C(CC(=O)NCc2cc(Cl)ccc2Cl)C1. The fraction of sp³-hybridized carbons (Fsp3) is 0.533. The smallest absolute Gasteiger partial charge is 0.221 e. The third-order valence-corrected chi connectivity index (χ3v) is 4.49. The van der Waals surface area contributed by atoms with Crippen molar-refractivity contribution in [1.29, 1.82) is 0 Å². The van der Waals surface area contributed by atoms with Crippen LogP contribution in [0.1, 0.15) is 12.0 Å². The molecular formula is C15H21Cl2N3O. The van der Waals surface area contributed by atoms with Crippen molar-refractivity contribution in [1.82, 2.24) is 15.1 Å². The molecule has 116 valence electrons. The first-order valence-corrected chi connectivity index (χ1v) is 7.80. The number of nitrogens with zero attached hydrogens (tertiary/aromatic N) is 2. The van der Waals surface area contributed by atoms with Crippen molar-refractivity contribution < 1.29 is 4.79 Å². The minimum absolute atomic E-state index is 0.0400. The number of likely N-dealkylation sites (N-methyl/N-ethyl adjacent to an activating group) is 2. The number of carbonyl (C=O) groups is 1. The van der Waals surface area contributed by atoms with Gasteiger partial charge >= 0.3 is 0 Å². The molecule has 4 nitrogen and oxygen atoms in total.